The molecule has 0 aromatic heterocycles. The molecule has 19 heavy (non-hydrogen) atoms. The van der Waals surface area contributed by atoms with Crippen LogP contribution in [0, 0.1) is 6.92 Å². The highest BCUT2D eigenvalue weighted by atomic mass is 35.5. The molecule has 1 saturated heterocycles. The number of hydrogen-bond acceptors (Lipinski definition) is 2. The zero-order valence-electron chi connectivity index (χ0n) is 11.6. The number of amides is 1. The Bertz CT molecular complexity index is 455. The second-order valence-corrected chi connectivity index (χ2v) is 5.51. The highest BCUT2D eigenvalue weighted by Crippen LogP contribution is 2.18. The summed E-state index contributed by atoms with van der Waals surface area (Å²) in [4.78, 5) is 14.4. The van der Waals surface area contributed by atoms with Crippen LogP contribution in [-0.4, -0.2) is 36.5 Å². The number of nitrogens with one attached hydrogen (secondary N) is 1. The number of rotatable bonds is 4. The third-order valence-electron chi connectivity index (χ3n) is 3.69. The monoisotopic (exact) mass is 280 g/mol. The van der Waals surface area contributed by atoms with Crippen molar-refractivity contribution >= 4 is 17.5 Å². The van der Waals surface area contributed by atoms with Crippen LogP contribution in [0.15, 0.2) is 18.2 Å². The Balaban J connectivity index is 2.08. The summed E-state index contributed by atoms with van der Waals surface area (Å²) >= 11 is 6.09. The summed E-state index contributed by atoms with van der Waals surface area (Å²) in [7, 11) is 0. The highest BCUT2D eigenvalue weighted by molar-refractivity contribution is 6.31. The van der Waals surface area contributed by atoms with Gasteiger partial charge in [-0.1, -0.05) is 17.7 Å². The average molecular weight is 281 g/mol. The summed E-state index contributed by atoms with van der Waals surface area (Å²) < 4.78 is 0. The molecule has 1 atom stereocenters. The minimum absolute atomic E-state index is 0.0677. The molecule has 1 aromatic carbocycles. The van der Waals surface area contributed by atoms with E-state index in [0.717, 1.165) is 31.6 Å². The molecule has 0 saturated carbocycles. The molecular formula is C15H21ClN2O. The predicted molar refractivity (Wildman–Crippen MR) is 78.8 cm³/mol. The van der Waals surface area contributed by atoms with Crippen LogP contribution in [0.3, 0.4) is 0 Å². The van der Waals surface area contributed by atoms with Gasteiger partial charge in [-0.15, -0.1) is 0 Å². The van der Waals surface area contributed by atoms with Crippen molar-refractivity contribution in [2.24, 2.45) is 0 Å². The first-order chi connectivity index (χ1) is 9.11. The fraction of sp³-hybridized carbons (Fsp3) is 0.533. The number of halogens is 1. The molecule has 1 N–H and O–H groups in total. The molecule has 1 heterocycles. The number of aryl methyl sites for hydroxylation is 1. The van der Waals surface area contributed by atoms with Crippen molar-refractivity contribution < 1.29 is 4.79 Å². The third kappa shape index (κ3) is 3.48. The lowest BCUT2D eigenvalue weighted by Gasteiger charge is -2.24. The van der Waals surface area contributed by atoms with Crippen molar-refractivity contribution in [1.82, 2.24) is 10.2 Å². The smallest absolute Gasteiger partial charge is 0.253 e. The normalized spacial score (nSPS) is 18.6. The molecule has 0 radical (unpaired) electrons. The van der Waals surface area contributed by atoms with Gasteiger partial charge in [0.1, 0.15) is 0 Å². The number of carbonyl (C=O) groups is 1. The van der Waals surface area contributed by atoms with Crippen LogP contribution in [0.1, 0.15) is 35.7 Å². The summed E-state index contributed by atoms with van der Waals surface area (Å²) in [5, 5.41) is 4.08. The van der Waals surface area contributed by atoms with Crippen LogP contribution in [-0.2, 0) is 0 Å². The Morgan fingerprint density at radius 1 is 1.53 bits per heavy atom. The van der Waals surface area contributed by atoms with E-state index in [4.69, 9.17) is 11.6 Å². The number of likely N-dealkylation sites (N-methyl/N-ethyl adjacent to an activating group) is 1. The first kappa shape index (κ1) is 14.4. The van der Waals surface area contributed by atoms with Gasteiger partial charge < -0.3 is 10.2 Å². The second-order valence-electron chi connectivity index (χ2n) is 5.10. The molecule has 1 aliphatic heterocycles. The minimum atomic E-state index is 0.0677. The first-order valence-corrected chi connectivity index (χ1v) is 7.28. The van der Waals surface area contributed by atoms with Crippen LogP contribution in [0.25, 0.3) is 0 Å². The fourth-order valence-corrected chi connectivity index (χ4v) is 2.62. The van der Waals surface area contributed by atoms with Crippen LogP contribution >= 0.6 is 11.6 Å². The lowest BCUT2D eigenvalue weighted by molar-refractivity contribution is 0.0751. The van der Waals surface area contributed by atoms with Crippen molar-refractivity contribution in [3.63, 3.8) is 0 Å². The molecule has 104 valence electrons. The van der Waals surface area contributed by atoms with E-state index < -0.39 is 0 Å². The average Bonchev–Trinajstić information content (AvgIpc) is 2.91. The van der Waals surface area contributed by atoms with E-state index in [1.165, 1.54) is 6.42 Å². The number of benzene rings is 1. The Hall–Kier alpha value is -1.06. The summed E-state index contributed by atoms with van der Waals surface area (Å²) in [6.07, 6.45) is 2.35. The molecule has 0 aliphatic carbocycles. The van der Waals surface area contributed by atoms with E-state index in [2.05, 4.69) is 5.32 Å². The molecule has 1 fully saturated rings. The molecule has 1 aromatic rings. The predicted octanol–water partition coefficient (Wildman–Crippen LogP) is 2.86. The summed E-state index contributed by atoms with van der Waals surface area (Å²) in [6.45, 7) is 6.52. The highest BCUT2D eigenvalue weighted by Gasteiger charge is 2.21. The molecule has 1 aliphatic rings. The summed E-state index contributed by atoms with van der Waals surface area (Å²) in [6, 6.07) is 5.96. The molecule has 1 amide bonds. The quantitative estimate of drug-likeness (QED) is 0.920. The van der Waals surface area contributed by atoms with Crippen molar-refractivity contribution in [2.45, 2.75) is 32.7 Å². The number of hydrogen-bond donors (Lipinski definition) is 1. The lowest BCUT2D eigenvalue weighted by atomic mass is 10.1. The van der Waals surface area contributed by atoms with E-state index in [1.807, 2.05) is 30.9 Å². The standard InChI is InChI=1S/C15H21ClN2O/c1-3-18(10-13-5-4-8-17-13)15(19)12-7-6-11(2)14(16)9-12/h6-7,9,13,17H,3-5,8,10H2,1-2H3. The zero-order chi connectivity index (χ0) is 13.8. The van der Waals surface area contributed by atoms with Crippen LogP contribution in [0.4, 0.5) is 0 Å². The van der Waals surface area contributed by atoms with E-state index >= 15 is 0 Å². The minimum Gasteiger partial charge on any atom is -0.337 e. The maximum Gasteiger partial charge on any atom is 0.253 e. The molecule has 1 unspecified atom stereocenters. The second kappa shape index (κ2) is 6.40. The largest absolute Gasteiger partial charge is 0.337 e. The summed E-state index contributed by atoms with van der Waals surface area (Å²) in [5.41, 5.74) is 1.68. The van der Waals surface area contributed by atoms with E-state index in [0.29, 0.717) is 16.6 Å². The zero-order valence-corrected chi connectivity index (χ0v) is 12.3. The van der Waals surface area contributed by atoms with Crippen molar-refractivity contribution in [1.29, 1.82) is 0 Å². The van der Waals surface area contributed by atoms with Crippen LogP contribution in [0.5, 0.6) is 0 Å². The van der Waals surface area contributed by atoms with Crippen molar-refractivity contribution in [3.8, 4) is 0 Å². The molecule has 4 heteroatoms. The van der Waals surface area contributed by atoms with Gasteiger partial charge in [0.15, 0.2) is 0 Å². The molecule has 0 bridgehead atoms. The molecule has 3 nitrogen and oxygen atoms in total. The van der Waals surface area contributed by atoms with Gasteiger partial charge in [-0.3, -0.25) is 4.79 Å². The van der Waals surface area contributed by atoms with Crippen molar-refractivity contribution in [3.05, 3.63) is 34.3 Å². The molecule has 2 rings (SSSR count). The Morgan fingerprint density at radius 3 is 2.89 bits per heavy atom. The van der Waals surface area contributed by atoms with Crippen LogP contribution < -0.4 is 5.32 Å². The Morgan fingerprint density at radius 2 is 2.32 bits per heavy atom. The van der Waals surface area contributed by atoms with E-state index in [9.17, 15) is 4.79 Å². The van der Waals surface area contributed by atoms with E-state index in [1.54, 1.807) is 6.07 Å². The van der Waals surface area contributed by atoms with Crippen LogP contribution in [0.2, 0.25) is 5.02 Å². The van der Waals surface area contributed by atoms with E-state index in [-0.39, 0.29) is 5.91 Å². The Labute approximate surface area is 119 Å². The van der Waals surface area contributed by atoms with Gasteiger partial charge in [0.05, 0.1) is 0 Å². The third-order valence-corrected chi connectivity index (χ3v) is 4.10. The molecule has 0 spiro atoms. The molecular weight excluding hydrogens is 260 g/mol. The Kier molecular flexibility index (Phi) is 4.83. The van der Waals surface area contributed by atoms with Gasteiger partial charge in [0.25, 0.3) is 5.91 Å². The topological polar surface area (TPSA) is 32.3 Å². The van der Waals surface area contributed by atoms with Gasteiger partial charge in [-0.25, -0.2) is 0 Å². The fourth-order valence-electron chi connectivity index (χ4n) is 2.44. The number of carbonyl (C=O) groups excluding carboxylic acids is 1. The lowest BCUT2D eigenvalue weighted by Crippen LogP contribution is -2.41. The van der Waals surface area contributed by atoms with Gasteiger partial charge >= 0.3 is 0 Å². The number of nitrogens with zero attached hydrogens (tertiary/aromatic N) is 1. The maximum absolute atomic E-state index is 12.5. The van der Waals surface area contributed by atoms with Crippen molar-refractivity contribution in [2.75, 3.05) is 19.6 Å². The first-order valence-electron chi connectivity index (χ1n) is 6.90. The van der Waals surface area contributed by atoms with Gasteiger partial charge in [-0.2, -0.15) is 0 Å². The van der Waals surface area contributed by atoms with Gasteiger partial charge in [0, 0.05) is 29.7 Å². The maximum atomic E-state index is 12.5. The van der Waals surface area contributed by atoms with Gasteiger partial charge in [-0.05, 0) is 50.9 Å². The SMILES string of the molecule is CCN(CC1CCCN1)C(=O)c1ccc(C)c(Cl)c1. The van der Waals surface area contributed by atoms with Gasteiger partial charge in [0.2, 0.25) is 0 Å². The summed E-state index contributed by atoms with van der Waals surface area (Å²) in [5.74, 6) is 0.0677.